The molecule has 19 heavy (non-hydrogen) atoms. The summed E-state index contributed by atoms with van der Waals surface area (Å²) in [6, 6.07) is 7.32. The van der Waals surface area contributed by atoms with Gasteiger partial charge in [-0.15, -0.1) is 0 Å². The Balaban J connectivity index is 2.08. The lowest BCUT2D eigenvalue weighted by Crippen LogP contribution is -1.99. The minimum atomic E-state index is 0.173. The van der Waals surface area contributed by atoms with Crippen LogP contribution in [0.15, 0.2) is 27.2 Å². The van der Waals surface area contributed by atoms with Crippen LogP contribution < -0.4 is 4.74 Å². The lowest BCUT2D eigenvalue weighted by Gasteiger charge is -2.05. The van der Waals surface area contributed by atoms with Crippen molar-refractivity contribution in [2.45, 2.75) is 26.4 Å². The first kappa shape index (κ1) is 13.6. The van der Waals surface area contributed by atoms with E-state index in [9.17, 15) is 0 Å². The molecule has 0 unspecified atom stereocenters. The van der Waals surface area contributed by atoms with Gasteiger partial charge in [-0.25, -0.2) is 0 Å². The molecule has 6 heteroatoms. The molecular formula is C13H12BrN3O2. The third kappa shape index (κ3) is 3.32. The Bertz CT molecular complexity index is 617. The highest BCUT2D eigenvalue weighted by atomic mass is 79.9. The summed E-state index contributed by atoms with van der Waals surface area (Å²) in [5, 5.41) is 12.8. The first-order valence-electron chi connectivity index (χ1n) is 5.75. The number of ether oxygens (including phenoxy) is 1. The normalized spacial score (nSPS) is 10.5. The highest BCUT2D eigenvalue weighted by Gasteiger charge is 2.11. The van der Waals surface area contributed by atoms with Gasteiger partial charge in [0.15, 0.2) is 6.61 Å². The summed E-state index contributed by atoms with van der Waals surface area (Å²) in [6.07, 6.45) is 0. The van der Waals surface area contributed by atoms with Crippen LogP contribution in [0.5, 0.6) is 5.75 Å². The third-order valence-corrected chi connectivity index (χ3v) is 2.89. The molecular weight excluding hydrogens is 310 g/mol. The Morgan fingerprint density at radius 2 is 2.26 bits per heavy atom. The van der Waals surface area contributed by atoms with Crippen LogP contribution in [0, 0.1) is 11.3 Å². The van der Waals surface area contributed by atoms with E-state index in [0.29, 0.717) is 23.0 Å². The number of benzene rings is 1. The van der Waals surface area contributed by atoms with E-state index in [-0.39, 0.29) is 12.5 Å². The van der Waals surface area contributed by atoms with Gasteiger partial charge in [0.1, 0.15) is 11.8 Å². The largest absolute Gasteiger partial charge is 0.484 e. The van der Waals surface area contributed by atoms with E-state index in [1.165, 1.54) is 0 Å². The van der Waals surface area contributed by atoms with Crippen LogP contribution in [0.4, 0.5) is 0 Å². The van der Waals surface area contributed by atoms with Gasteiger partial charge in [0.25, 0.3) is 0 Å². The molecule has 0 spiro atoms. The smallest absolute Gasteiger partial charge is 0.229 e. The van der Waals surface area contributed by atoms with Crippen LogP contribution >= 0.6 is 15.9 Å². The molecule has 2 aromatic rings. The Morgan fingerprint density at radius 3 is 2.89 bits per heavy atom. The van der Waals surface area contributed by atoms with Gasteiger partial charge in [0, 0.05) is 10.4 Å². The molecule has 0 fully saturated rings. The van der Waals surface area contributed by atoms with Crippen LogP contribution in [0.3, 0.4) is 0 Å². The zero-order valence-electron chi connectivity index (χ0n) is 10.6. The minimum absolute atomic E-state index is 0.173. The van der Waals surface area contributed by atoms with Crippen molar-refractivity contribution in [2.24, 2.45) is 0 Å². The van der Waals surface area contributed by atoms with Gasteiger partial charge in [-0.3, -0.25) is 0 Å². The average molecular weight is 322 g/mol. The molecule has 0 saturated heterocycles. The predicted molar refractivity (Wildman–Crippen MR) is 71.6 cm³/mol. The Labute approximate surface area is 119 Å². The number of hydrogen-bond acceptors (Lipinski definition) is 5. The summed E-state index contributed by atoms with van der Waals surface area (Å²) in [7, 11) is 0. The van der Waals surface area contributed by atoms with Crippen molar-refractivity contribution < 1.29 is 9.26 Å². The number of hydrogen-bond donors (Lipinski definition) is 0. The zero-order valence-corrected chi connectivity index (χ0v) is 12.1. The molecule has 2 rings (SSSR count). The summed E-state index contributed by atoms with van der Waals surface area (Å²) >= 11 is 3.31. The summed E-state index contributed by atoms with van der Waals surface area (Å²) < 4.78 is 11.4. The van der Waals surface area contributed by atoms with Crippen molar-refractivity contribution in [3.63, 3.8) is 0 Å². The molecule has 0 saturated carbocycles. The van der Waals surface area contributed by atoms with Crippen LogP contribution in [0.1, 0.15) is 37.0 Å². The number of nitriles is 1. The zero-order chi connectivity index (χ0) is 13.8. The first-order chi connectivity index (χ1) is 9.10. The SMILES string of the molecule is CC(C)c1nc(COc2ccc(Br)cc2C#N)no1. The predicted octanol–water partition coefficient (Wildman–Crippen LogP) is 3.41. The van der Waals surface area contributed by atoms with Crippen LogP contribution in [-0.2, 0) is 6.61 Å². The summed E-state index contributed by atoms with van der Waals surface area (Å²) in [4.78, 5) is 4.20. The minimum Gasteiger partial charge on any atom is -0.484 e. The van der Waals surface area contributed by atoms with E-state index in [4.69, 9.17) is 14.5 Å². The van der Waals surface area contributed by atoms with Crippen molar-refractivity contribution >= 4 is 15.9 Å². The lowest BCUT2D eigenvalue weighted by atomic mass is 10.2. The van der Waals surface area contributed by atoms with Crippen LogP contribution in [0.2, 0.25) is 0 Å². The van der Waals surface area contributed by atoms with E-state index in [1.54, 1.807) is 12.1 Å². The van der Waals surface area contributed by atoms with Crippen LogP contribution in [0.25, 0.3) is 0 Å². The number of rotatable bonds is 4. The van der Waals surface area contributed by atoms with Gasteiger partial charge in [0.2, 0.25) is 11.7 Å². The average Bonchev–Trinajstić information content (AvgIpc) is 2.86. The molecule has 0 amide bonds. The summed E-state index contributed by atoms with van der Waals surface area (Å²) in [5.41, 5.74) is 0.460. The molecule has 5 nitrogen and oxygen atoms in total. The van der Waals surface area contributed by atoms with Crippen molar-refractivity contribution in [1.82, 2.24) is 10.1 Å². The van der Waals surface area contributed by atoms with Crippen molar-refractivity contribution in [3.05, 3.63) is 40.0 Å². The standard InChI is InChI=1S/C13H12BrN3O2/c1-8(2)13-16-12(17-19-13)7-18-11-4-3-10(14)5-9(11)6-15/h3-5,8H,7H2,1-2H3. The molecule has 0 aliphatic rings. The molecule has 0 N–H and O–H groups in total. The Morgan fingerprint density at radius 1 is 1.47 bits per heavy atom. The molecule has 1 aromatic carbocycles. The van der Waals surface area contributed by atoms with Gasteiger partial charge >= 0.3 is 0 Å². The fourth-order valence-electron chi connectivity index (χ4n) is 1.42. The summed E-state index contributed by atoms with van der Waals surface area (Å²) in [5.74, 6) is 1.73. The number of halogens is 1. The number of nitrogens with zero attached hydrogens (tertiary/aromatic N) is 3. The van der Waals surface area contributed by atoms with Crippen LogP contribution in [-0.4, -0.2) is 10.1 Å². The van der Waals surface area contributed by atoms with E-state index < -0.39 is 0 Å². The molecule has 0 aliphatic carbocycles. The number of aromatic nitrogens is 2. The molecule has 98 valence electrons. The Hall–Kier alpha value is -1.87. The van der Waals surface area contributed by atoms with Crippen molar-refractivity contribution in [2.75, 3.05) is 0 Å². The topological polar surface area (TPSA) is 71.9 Å². The second kappa shape index (κ2) is 5.85. The lowest BCUT2D eigenvalue weighted by molar-refractivity contribution is 0.283. The van der Waals surface area contributed by atoms with Gasteiger partial charge < -0.3 is 9.26 Å². The fraction of sp³-hybridized carbons (Fsp3) is 0.308. The summed E-state index contributed by atoms with van der Waals surface area (Å²) in [6.45, 7) is 4.12. The third-order valence-electron chi connectivity index (χ3n) is 2.40. The van der Waals surface area contributed by atoms with Gasteiger partial charge in [0.05, 0.1) is 5.56 Å². The van der Waals surface area contributed by atoms with E-state index >= 15 is 0 Å². The maximum atomic E-state index is 9.02. The molecule has 1 heterocycles. The molecule has 0 radical (unpaired) electrons. The fourth-order valence-corrected chi connectivity index (χ4v) is 1.78. The Kier molecular flexibility index (Phi) is 4.17. The van der Waals surface area contributed by atoms with Gasteiger partial charge in [-0.2, -0.15) is 10.2 Å². The van der Waals surface area contributed by atoms with Crippen molar-refractivity contribution in [1.29, 1.82) is 5.26 Å². The van der Waals surface area contributed by atoms with E-state index in [2.05, 4.69) is 32.1 Å². The van der Waals surface area contributed by atoms with Crippen molar-refractivity contribution in [3.8, 4) is 11.8 Å². The second-order valence-electron chi connectivity index (χ2n) is 4.24. The van der Waals surface area contributed by atoms with Gasteiger partial charge in [-0.1, -0.05) is 34.9 Å². The maximum absolute atomic E-state index is 9.02. The second-order valence-corrected chi connectivity index (χ2v) is 5.16. The van der Waals surface area contributed by atoms with Gasteiger partial charge in [-0.05, 0) is 18.2 Å². The molecule has 1 aromatic heterocycles. The monoisotopic (exact) mass is 321 g/mol. The molecule has 0 atom stereocenters. The first-order valence-corrected chi connectivity index (χ1v) is 6.54. The molecule has 0 aliphatic heterocycles. The molecule has 0 bridgehead atoms. The highest BCUT2D eigenvalue weighted by Crippen LogP contribution is 2.23. The highest BCUT2D eigenvalue weighted by molar-refractivity contribution is 9.10. The maximum Gasteiger partial charge on any atom is 0.229 e. The van der Waals surface area contributed by atoms with E-state index in [1.807, 2.05) is 19.9 Å². The quantitative estimate of drug-likeness (QED) is 0.862. The van der Waals surface area contributed by atoms with E-state index in [0.717, 1.165) is 4.47 Å².